The average molecular weight is 441 g/mol. The van der Waals surface area contributed by atoms with E-state index in [0.29, 0.717) is 7.05 Å². The maximum atomic E-state index is 13.6. The highest BCUT2D eigenvalue weighted by atomic mass is 19.4. The highest BCUT2D eigenvalue weighted by molar-refractivity contribution is 6.05. The molecule has 0 saturated heterocycles. The molecule has 0 aliphatic heterocycles. The van der Waals surface area contributed by atoms with Gasteiger partial charge in [-0.15, -0.1) is 4.91 Å². The summed E-state index contributed by atoms with van der Waals surface area (Å²) in [5.41, 5.74) is -6.49. The van der Waals surface area contributed by atoms with Crippen LogP contribution >= 0.6 is 0 Å². The van der Waals surface area contributed by atoms with Crippen LogP contribution in [0.25, 0.3) is 0 Å². The van der Waals surface area contributed by atoms with Crippen molar-refractivity contribution in [3.05, 3.63) is 45.5 Å². The van der Waals surface area contributed by atoms with Gasteiger partial charge in [0.15, 0.2) is 5.69 Å². The van der Waals surface area contributed by atoms with Gasteiger partial charge in [-0.2, -0.15) is 45.5 Å². The molecule has 0 saturated carbocycles. The van der Waals surface area contributed by atoms with Crippen molar-refractivity contribution < 1.29 is 39.9 Å². The van der Waals surface area contributed by atoms with Crippen LogP contribution in [-0.4, -0.2) is 21.9 Å². The van der Waals surface area contributed by atoms with E-state index in [0.717, 1.165) is 18.2 Å². The van der Waals surface area contributed by atoms with Crippen molar-refractivity contribution in [2.24, 2.45) is 12.2 Å². The predicted octanol–water partition coefficient (Wildman–Crippen LogP) is 4.61. The van der Waals surface area contributed by atoms with Crippen LogP contribution < -0.4 is 5.32 Å². The first-order valence-electron chi connectivity index (χ1n) is 7.43. The molecule has 160 valence electrons. The van der Waals surface area contributed by atoms with Crippen molar-refractivity contribution in [1.82, 2.24) is 9.78 Å². The maximum Gasteiger partial charge on any atom is 0.459 e. The van der Waals surface area contributed by atoms with Crippen LogP contribution in [0.5, 0.6) is 0 Å². The molecule has 2 aromatic rings. The fourth-order valence-electron chi connectivity index (χ4n) is 2.31. The third-order valence-corrected chi connectivity index (χ3v) is 3.69. The van der Waals surface area contributed by atoms with E-state index in [1.165, 1.54) is 0 Å². The molecule has 1 aromatic carbocycles. The molecule has 30 heavy (non-hydrogen) atoms. The lowest BCUT2D eigenvalue weighted by Gasteiger charge is -2.19. The molecule has 1 N–H and O–H groups in total. The van der Waals surface area contributed by atoms with Crippen molar-refractivity contribution in [2.75, 3.05) is 5.32 Å². The zero-order valence-corrected chi connectivity index (χ0v) is 14.4. The van der Waals surface area contributed by atoms with Gasteiger partial charge in [0, 0.05) is 12.6 Å². The summed E-state index contributed by atoms with van der Waals surface area (Å²) in [6.45, 7) is 0. The number of aryl methyl sites for hydroxylation is 1. The minimum absolute atomic E-state index is 0.00175. The van der Waals surface area contributed by atoms with E-state index in [4.69, 9.17) is 5.26 Å². The molecule has 0 aliphatic rings. The van der Waals surface area contributed by atoms with E-state index in [2.05, 4.69) is 10.3 Å². The van der Waals surface area contributed by atoms with Crippen molar-refractivity contribution in [1.29, 1.82) is 5.26 Å². The number of nitrogens with zero attached hydrogens (tertiary/aromatic N) is 4. The first-order chi connectivity index (χ1) is 13.6. The summed E-state index contributed by atoms with van der Waals surface area (Å²) in [7, 11) is 0.609. The number of nitriles is 1. The second kappa shape index (κ2) is 7.35. The number of nitroso groups, excluding NO2 is 1. The molecule has 1 aromatic heterocycles. The molecule has 1 heterocycles. The van der Waals surface area contributed by atoms with E-state index < -0.39 is 52.5 Å². The molecule has 0 spiro atoms. The van der Waals surface area contributed by atoms with Gasteiger partial charge in [0.25, 0.3) is 5.91 Å². The summed E-state index contributed by atoms with van der Waals surface area (Å²) >= 11 is 0. The number of nitrogens with one attached hydrogen (secondary N) is 1. The number of benzene rings is 1. The second-order valence-electron chi connectivity index (χ2n) is 5.65. The van der Waals surface area contributed by atoms with Gasteiger partial charge in [-0.3, -0.25) is 9.48 Å². The van der Waals surface area contributed by atoms with Crippen LogP contribution in [0.1, 0.15) is 27.2 Å². The minimum atomic E-state index is -6.39. The van der Waals surface area contributed by atoms with Crippen LogP contribution in [0.2, 0.25) is 0 Å². The van der Waals surface area contributed by atoms with Gasteiger partial charge in [0.05, 0.1) is 5.56 Å². The number of hydrogen-bond acceptors (Lipinski definition) is 5. The molecule has 0 fully saturated rings. The maximum absolute atomic E-state index is 13.6. The summed E-state index contributed by atoms with van der Waals surface area (Å²) in [5.74, 6) is -8.88. The molecule has 2 rings (SSSR count). The van der Waals surface area contributed by atoms with E-state index in [1.807, 2.05) is 0 Å². The van der Waals surface area contributed by atoms with Gasteiger partial charge in [-0.05, 0) is 23.4 Å². The van der Waals surface area contributed by atoms with Crippen LogP contribution in [0.15, 0.2) is 23.4 Å². The fraction of sp³-hybridized carbons (Fsp3) is 0.267. The Morgan fingerprint density at radius 3 is 2.23 bits per heavy atom. The lowest BCUT2D eigenvalue weighted by atomic mass is 10.1. The Kier molecular flexibility index (Phi) is 5.57. The van der Waals surface area contributed by atoms with E-state index in [-0.39, 0.29) is 10.2 Å². The number of aromatic nitrogens is 2. The number of carbonyl (C=O) groups excluding carboxylic acids is 1. The first kappa shape index (κ1) is 22.7. The smallest absolute Gasteiger partial charge is 0.306 e. The van der Waals surface area contributed by atoms with Crippen molar-refractivity contribution >= 4 is 17.4 Å². The highest BCUT2D eigenvalue weighted by Crippen LogP contribution is 2.49. The lowest BCUT2D eigenvalue weighted by molar-refractivity contribution is -0.292. The van der Waals surface area contributed by atoms with Crippen LogP contribution in [0.4, 0.5) is 46.6 Å². The minimum Gasteiger partial charge on any atom is -0.306 e. The normalized spacial score (nSPS) is 12.4. The second-order valence-corrected chi connectivity index (χ2v) is 5.65. The number of anilines is 1. The monoisotopic (exact) mass is 441 g/mol. The average Bonchev–Trinajstić information content (AvgIpc) is 2.97. The van der Waals surface area contributed by atoms with Crippen molar-refractivity contribution in [3.8, 4) is 6.07 Å². The van der Waals surface area contributed by atoms with Crippen LogP contribution in [-0.2, 0) is 19.1 Å². The third-order valence-electron chi connectivity index (χ3n) is 3.69. The molecular formula is C15H7F8N5O2. The van der Waals surface area contributed by atoms with E-state index in [9.17, 15) is 44.8 Å². The number of rotatable bonds is 4. The predicted molar refractivity (Wildman–Crippen MR) is 82.7 cm³/mol. The molecule has 0 aliphatic carbocycles. The number of carbonyl (C=O) groups is 1. The number of amides is 1. The largest absolute Gasteiger partial charge is 0.459 e. The third kappa shape index (κ3) is 3.93. The van der Waals surface area contributed by atoms with Gasteiger partial charge in [0.2, 0.25) is 0 Å². The Balaban J connectivity index is 2.60. The lowest BCUT2D eigenvalue weighted by Crippen LogP contribution is -2.36. The highest BCUT2D eigenvalue weighted by Gasteiger charge is 2.64. The Labute approximate surface area is 160 Å². The van der Waals surface area contributed by atoms with Crippen molar-refractivity contribution in [2.45, 2.75) is 18.3 Å². The Morgan fingerprint density at radius 1 is 1.17 bits per heavy atom. The van der Waals surface area contributed by atoms with Gasteiger partial charge in [-0.1, -0.05) is 0 Å². The SMILES string of the molecule is Cn1nc(C(F)(F)C(F)(F)F)c(C(F)(F)F)c1NC(=O)c1ccc(C#N)c(N=O)c1. The summed E-state index contributed by atoms with van der Waals surface area (Å²) in [6.07, 6.45) is -12.1. The van der Waals surface area contributed by atoms with Gasteiger partial charge in [0.1, 0.15) is 23.1 Å². The zero-order chi connectivity index (χ0) is 23.1. The molecular weight excluding hydrogens is 434 g/mol. The number of alkyl halides is 8. The summed E-state index contributed by atoms with van der Waals surface area (Å²) in [6, 6.07) is 4.11. The Morgan fingerprint density at radius 2 is 1.77 bits per heavy atom. The van der Waals surface area contributed by atoms with Gasteiger partial charge < -0.3 is 5.32 Å². The summed E-state index contributed by atoms with van der Waals surface area (Å²) in [5, 5.41) is 15.4. The molecule has 15 heteroatoms. The first-order valence-corrected chi connectivity index (χ1v) is 7.43. The fourth-order valence-corrected chi connectivity index (χ4v) is 2.31. The van der Waals surface area contributed by atoms with Gasteiger partial charge in [-0.25, -0.2) is 0 Å². The molecule has 7 nitrogen and oxygen atoms in total. The van der Waals surface area contributed by atoms with E-state index >= 15 is 0 Å². The number of hydrogen-bond donors (Lipinski definition) is 1. The molecule has 0 atom stereocenters. The summed E-state index contributed by atoms with van der Waals surface area (Å²) in [4.78, 5) is 22.9. The Bertz CT molecular complexity index is 1050. The molecule has 0 bridgehead atoms. The summed E-state index contributed by atoms with van der Waals surface area (Å²) < 4.78 is 105. The zero-order valence-electron chi connectivity index (χ0n) is 14.4. The van der Waals surface area contributed by atoms with Crippen molar-refractivity contribution in [3.63, 3.8) is 0 Å². The molecule has 0 unspecified atom stereocenters. The standard InChI is InChI=1S/C15H7F8N5O2/c1-28-11(25-12(29)6-2-3-7(5-24)8(4-6)27-30)9(14(18,19)20)10(26-28)13(16,17)15(21,22)23/h2-4H,1H3,(H,25,29). The van der Waals surface area contributed by atoms with Crippen LogP contribution in [0, 0.1) is 16.2 Å². The topological polar surface area (TPSA) is 100 Å². The van der Waals surface area contributed by atoms with Crippen LogP contribution in [0.3, 0.4) is 0 Å². The Hall–Kier alpha value is -3.57. The number of halogens is 8. The quantitative estimate of drug-likeness (QED) is 0.553. The molecule has 0 radical (unpaired) electrons. The molecule has 1 amide bonds. The van der Waals surface area contributed by atoms with Gasteiger partial charge >= 0.3 is 18.3 Å². The van der Waals surface area contributed by atoms with E-state index in [1.54, 1.807) is 11.4 Å².